The Morgan fingerprint density at radius 1 is 0.923 bits per heavy atom. The third-order valence-electron chi connectivity index (χ3n) is 4.79. The fourth-order valence-electron chi connectivity index (χ4n) is 3.31. The van der Waals surface area contributed by atoms with Crippen LogP contribution in [0, 0.1) is 0 Å². The van der Waals surface area contributed by atoms with Crippen molar-refractivity contribution in [3.63, 3.8) is 0 Å². The molecule has 3 nitrogen and oxygen atoms in total. The molecular weight excluding hydrogens is 322 g/mol. The molecule has 0 fully saturated rings. The van der Waals surface area contributed by atoms with Gasteiger partial charge < -0.3 is 9.47 Å². The topological polar surface area (TPSA) is 31.4 Å². The number of hydrogen-bond acceptors (Lipinski definition) is 3. The van der Waals surface area contributed by atoms with Gasteiger partial charge in [0, 0.05) is 24.3 Å². The van der Waals surface area contributed by atoms with Crippen LogP contribution < -0.4 is 0 Å². The molecule has 0 spiro atoms. The zero-order valence-electron chi connectivity index (χ0n) is 15.8. The Kier molecular flexibility index (Phi) is 6.37. The number of pyridine rings is 1. The van der Waals surface area contributed by atoms with Crippen molar-refractivity contribution >= 4 is 10.8 Å². The van der Waals surface area contributed by atoms with E-state index in [0.717, 1.165) is 18.5 Å². The third-order valence-corrected chi connectivity index (χ3v) is 4.79. The zero-order valence-corrected chi connectivity index (χ0v) is 15.8. The summed E-state index contributed by atoms with van der Waals surface area (Å²) in [4.78, 5) is 4.67. The van der Waals surface area contributed by atoms with Crippen LogP contribution in [0.4, 0.5) is 0 Å². The minimum atomic E-state index is 0.188. The largest absolute Gasteiger partial charge is 0.382 e. The highest BCUT2D eigenvalue weighted by Gasteiger charge is 2.11. The van der Waals surface area contributed by atoms with Crippen molar-refractivity contribution in [2.45, 2.75) is 38.9 Å². The Morgan fingerprint density at radius 3 is 2.54 bits per heavy atom. The van der Waals surface area contributed by atoms with Crippen molar-refractivity contribution in [1.29, 1.82) is 0 Å². The summed E-state index contributed by atoms with van der Waals surface area (Å²) in [5.74, 6) is 0. The number of ether oxygens (including phenoxy) is 2. The second-order valence-corrected chi connectivity index (χ2v) is 6.75. The number of hydrogen-bond donors (Lipinski definition) is 0. The van der Waals surface area contributed by atoms with Gasteiger partial charge in [0.05, 0.1) is 24.5 Å². The fraction of sp³-hybridized carbons (Fsp3) is 0.348. The van der Waals surface area contributed by atoms with Crippen molar-refractivity contribution in [3.8, 4) is 11.3 Å². The van der Waals surface area contributed by atoms with Crippen LogP contribution in [0.1, 0.15) is 25.8 Å². The molecule has 0 amide bonds. The minimum absolute atomic E-state index is 0.188. The molecule has 3 heteroatoms. The first-order valence-electron chi connectivity index (χ1n) is 9.25. The normalized spacial score (nSPS) is 13.7. The van der Waals surface area contributed by atoms with E-state index in [1.54, 1.807) is 7.11 Å². The average molecular weight is 349 g/mol. The summed E-state index contributed by atoms with van der Waals surface area (Å²) in [6.07, 6.45) is 4.07. The number of rotatable bonds is 8. The van der Waals surface area contributed by atoms with E-state index >= 15 is 0 Å². The maximum absolute atomic E-state index is 6.00. The molecule has 0 bridgehead atoms. The van der Waals surface area contributed by atoms with Gasteiger partial charge >= 0.3 is 0 Å². The molecule has 0 aliphatic carbocycles. The molecule has 1 aromatic heterocycles. The van der Waals surface area contributed by atoms with Crippen molar-refractivity contribution in [2.24, 2.45) is 0 Å². The lowest BCUT2D eigenvalue weighted by atomic mass is 9.98. The van der Waals surface area contributed by atoms with Crippen LogP contribution in [0.5, 0.6) is 0 Å². The molecule has 3 rings (SSSR count). The lowest BCUT2D eigenvalue weighted by Gasteiger charge is -2.17. The number of benzene rings is 2. The van der Waals surface area contributed by atoms with Gasteiger partial charge in [0.15, 0.2) is 0 Å². The molecule has 0 radical (unpaired) electrons. The van der Waals surface area contributed by atoms with E-state index in [0.29, 0.717) is 6.61 Å². The smallest absolute Gasteiger partial charge is 0.0783 e. The highest BCUT2D eigenvalue weighted by molar-refractivity contribution is 5.95. The van der Waals surface area contributed by atoms with Crippen LogP contribution >= 0.6 is 0 Å². The highest BCUT2D eigenvalue weighted by Crippen LogP contribution is 2.29. The summed E-state index contributed by atoms with van der Waals surface area (Å²) in [5.41, 5.74) is 3.49. The van der Waals surface area contributed by atoms with E-state index in [1.807, 2.05) is 6.20 Å². The summed E-state index contributed by atoms with van der Waals surface area (Å²) in [6.45, 7) is 4.87. The quantitative estimate of drug-likeness (QED) is 0.555. The molecule has 136 valence electrons. The van der Waals surface area contributed by atoms with Crippen molar-refractivity contribution in [1.82, 2.24) is 4.98 Å². The monoisotopic (exact) mass is 349 g/mol. The van der Waals surface area contributed by atoms with Gasteiger partial charge in [-0.3, -0.25) is 4.98 Å². The Labute approximate surface area is 156 Å². The molecule has 0 aliphatic heterocycles. The van der Waals surface area contributed by atoms with Crippen LogP contribution in [0.25, 0.3) is 22.0 Å². The van der Waals surface area contributed by atoms with Gasteiger partial charge in [-0.25, -0.2) is 0 Å². The van der Waals surface area contributed by atoms with Crippen molar-refractivity contribution in [3.05, 3.63) is 66.4 Å². The molecule has 3 aromatic rings. The van der Waals surface area contributed by atoms with E-state index in [1.165, 1.54) is 21.9 Å². The standard InChI is InChI=1S/C23H27NO2/c1-17(25-3)16-18(2)26-15-13-20-9-5-7-11-22(20)23-21-10-6-4-8-19(21)12-14-24-23/h4-12,14,17-18H,13,15-16H2,1-3H3. The van der Waals surface area contributed by atoms with Gasteiger partial charge in [0.2, 0.25) is 0 Å². The predicted molar refractivity (Wildman–Crippen MR) is 107 cm³/mol. The Balaban J connectivity index is 1.76. The van der Waals surface area contributed by atoms with Crippen LogP contribution in [-0.4, -0.2) is 30.9 Å². The summed E-state index contributed by atoms with van der Waals surface area (Å²) >= 11 is 0. The van der Waals surface area contributed by atoms with Crippen molar-refractivity contribution < 1.29 is 9.47 Å². The first kappa shape index (κ1) is 18.6. The third kappa shape index (κ3) is 4.48. The number of fused-ring (bicyclic) bond motifs is 1. The van der Waals surface area contributed by atoms with Gasteiger partial charge in [-0.1, -0.05) is 48.5 Å². The van der Waals surface area contributed by atoms with Gasteiger partial charge in [-0.2, -0.15) is 0 Å². The summed E-state index contributed by atoms with van der Waals surface area (Å²) < 4.78 is 11.3. The molecule has 0 N–H and O–H groups in total. The van der Waals surface area contributed by atoms with Crippen LogP contribution in [0.2, 0.25) is 0 Å². The van der Waals surface area contributed by atoms with E-state index in [2.05, 4.69) is 73.4 Å². The zero-order chi connectivity index (χ0) is 18.4. The molecule has 0 saturated carbocycles. The summed E-state index contributed by atoms with van der Waals surface area (Å²) in [7, 11) is 1.74. The van der Waals surface area contributed by atoms with Gasteiger partial charge in [-0.15, -0.1) is 0 Å². The van der Waals surface area contributed by atoms with Crippen LogP contribution in [0.3, 0.4) is 0 Å². The molecule has 26 heavy (non-hydrogen) atoms. The van der Waals surface area contributed by atoms with E-state index in [4.69, 9.17) is 9.47 Å². The fourth-order valence-corrected chi connectivity index (χ4v) is 3.31. The van der Waals surface area contributed by atoms with Crippen LogP contribution in [-0.2, 0) is 15.9 Å². The molecule has 2 atom stereocenters. The van der Waals surface area contributed by atoms with Gasteiger partial charge in [0.25, 0.3) is 0 Å². The van der Waals surface area contributed by atoms with Gasteiger partial charge in [0.1, 0.15) is 0 Å². The highest BCUT2D eigenvalue weighted by atomic mass is 16.5. The van der Waals surface area contributed by atoms with E-state index < -0.39 is 0 Å². The second-order valence-electron chi connectivity index (χ2n) is 6.75. The average Bonchev–Trinajstić information content (AvgIpc) is 2.68. The molecule has 1 heterocycles. The predicted octanol–water partition coefficient (Wildman–Crippen LogP) is 5.27. The summed E-state index contributed by atoms with van der Waals surface area (Å²) in [6, 6.07) is 18.9. The minimum Gasteiger partial charge on any atom is -0.382 e. The van der Waals surface area contributed by atoms with Crippen molar-refractivity contribution in [2.75, 3.05) is 13.7 Å². The Bertz CT molecular complexity index is 841. The number of nitrogens with zero attached hydrogens (tertiary/aromatic N) is 1. The number of methoxy groups -OCH3 is 1. The molecular formula is C23H27NO2. The molecule has 2 aromatic carbocycles. The Hall–Kier alpha value is -2.23. The van der Waals surface area contributed by atoms with E-state index in [9.17, 15) is 0 Å². The van der Waals surface area contributed by atoms with E-state index in [-0.39, 0.29) is 12.2 Å². The molecule has 2 unspecified atom stereocenters. The lowest BCUT2D eigenvalue weighted by molar-refractivity contribution is 0.0157. The maximum atomic E-state index is 6.00. The first-order chi connectivity index (χ1) is 12.7. The molecule has 0 aliphatic rings. The molecule has 0 saturated heterocycles. The van der Waals surface area contributed by atoms with Gasteiger partial charge in [-0.05, 0) is 43.7 Å². The first-order valence-corrected chi connectivity index (χ1v) is 9.25. The second kappa shape index (κ2) is 8.93. The summed E-state index contributed by atoms with van der Waals surface area (Å²) in [5, 5.41) is 2.40. The SMILES string of the molecule is COC(C)CC(C)OCCc1ccccc1-c1nccc2ccccc12. The maximum Gasteiger partial charge on any atom is 0.0783 e. The lowest BCUT2D eigenvalue weighted by Crippen LogP contribution is -2.18. The van der Waals surface area contributed by atoms with Crippen LogP contribution in [0.15, 0.2) is 60.8 Å². The number of aromatic nitrogens is 1. The Morgan fingerprint density at radius 2 is 1.69 bits per heavy atom.